The standard InChI is InChI=1S/C20H22ClN3O3S/c1-14-3-6-19(15(2)11-14)28(25,26)24-9-7-23(8-10-24)13-20-22-17-5-4-16(21)12-18(17)27-20/h3-6,11-12H,7-10,13H2,1-2H3. The Morgan fingerprint density at radius 2 is 1.82 bits per heavy atom. The summed E-state index contributed by atoms with van der Waals surface area (Å²) in [4.78, 5) is 7.03. The number of aromatic nitrogens is 1. The topological polar surface area (TPSA) is 66.7 Å². The number of hydrogen-bond acceptors (Lipinski definition) is 5. The molecule has 28 heavy (non-hydrogen) atoms. The van der Waals surface area contributed by atoms with Crippen LogP contribution in [0.25, 0.3) is 11.1 Å². The maximum atomic E-state index is 13.0. The third-order valence-corrected chi connectivity index (χ3v) is 7.33. The lowest BCUT2D eigenvalue weighted by Crippen LogP contribution is -2.48. The molecule has 0 N–H and O–H groups in total. The van der Waals surface area contributed by atoms with Gasteiger partial charge in [-0.15, -0.1) is 0 Å². The molecule has 2 heterocycles. The van der Waals surface area contributed by atoms with Crippen molar-refractivity contribution in [2.75, 3.05) is 26.2 Å². The summed E-state index contributed by atoms with van der Waals surface area (Å²) in [5.41, 5.74) is 3.28. The summed E-state index contributed by atoms with van der Waals surface area (Å²) in [5.74, 6) is 0.614. The van der Waals surface area contributed by atoms with Gasteiger partial charge in [-0.2, -0.15) is 4.31 Å². The molecule has 4 rings (SSSR count). The van der Waals surface area contributed by atoms with Crippen molar-refractivity contribution in [1.29, 1.82) is 0 Å². The quantitative estimate of drug-likeness (QED) is 0.646. The summed E-state index contributed by atoms with van der Waals surface area (Å²) in [7, 11) is -3.48. The van der Waals surface area contributed by atoms with Crippen molar-refractivity contribution < 1.29 is 12.8 Å². The summed E-state index contributed by atoms with van der Waals surface area (Å²) in [6, 6.07) is 10.8. The van der Waals surface area contributed by atoms with E-state index in [-0.39, 0.29) is 0 Å². The van der Waals surface area contributed by atoms with Crippen LogP contribution in [0.5, 0.6) is 0 Å². The number of oxazole rings is 1. The zero-order chi connectivity index (χ0) is 19.9. The summed E-state index contributed by atoms with van der Waals surface area (Å²) in [6.45, 7) is 6.50. The number of benzene rings is 2. The van der Waals surface area contributed by atoms with E-state index in [4.69, 9.17) is 16.0 Å². The van der Waals surface area contributed by atoms with Crippen LogP contribution >= 0.6 is 11.6 Å². The van der Waals surface area contributed by atoms with Crippen LogP contribution in [0.4, 0.5) is 0 Å². The molecule has 0 bridgehead atoms. The van der Waals surface area contributed by atoms with E-state index in [1.165, 1.54) is 0 Å². The molecule has 2 aromatic carbocycles. The first-order valence-corrected chi connectivity index (χ1v) is 11.0. The van der Waals surface area contributed by atoms with E-state index in [1.54, 1.807) is 22.5 Å². The highest BCUT2D eigenvalue weighted by Gasteiger charge is 2.30. The first-order chi connectivity index (χ1) is 13.3. The van der Waals surface area contributed by atoms with Crippen LogP contribution in [-0.2, 0) is 16.6 Å². The fraction of sp³-hybridized carbons (Fsp3) is 0.350. The van der Waals surface area contributed by atoms with Gasteiger partial charge in [0, 0.05) is 37.3 Å². The van der Waals surface area contributed by atoms with Crippen LogP contribution in [0.1, 0.15) is 17.0 Å². The van der Waals surface area contributed by atoms with E-state index in [9.17, 15) is 8.42 Å². The van der Waals surface area contributed by atoms with Crippen LogP contribution in [0.3, 0.4) is 0 Å². The van der Waals surface area contributed by atoms with Gasteiger partial charge in [-0.3, -0.25) is 4.90 Å². The summed E-state index contributed by atoms with van der Waals surface area (Å²) in [6.07, 6.45) is 0. The zero-order valence-electron chi connectivity index (χ0n) is 15.9. The first kappa shape index (κ1) is 19.4. The maximum absolute atomic E-state index is 13.0. The molecule has 8 heteroatoms. The van der Waals surface area contributed by atoms with E-state index in [0.717, 1.165) is 16.6 Å². The van der Waals surface area contributed by atoms with E-state index in [2.05, 4.69) is 9.88 Å². The van der Waals surface area contributed by atoms with Crippen molar-refractivity contribution in [3.63, 3.8) is 0 Å². The number of halogens is 1. The Morgan fingerprint density at radius 3 is 2.54 bits per heavy atom. The van der Waals surface area contributed by atoms with Crippen LogP contribution in [-0.4, -0.2) is 48.8 Å². The van der Waals surface area contributed by atoms with Gasteiger partial charge in [0.1, 0.15) is 5.52 Å². The molecule has 1 aromatic heterocycles. The Bertz CT molecular complexity index is 1120. The minimum absolute atomic E-state index is 0.391. The number of rotatable bonds is 4. The Balaban J connectivity index is 1.43. The normalized spacial score (nSPS) is 16.7. The average molecular weight is 420 g/mol. The Kier molecular flexibility index (Phi) is 5.18. The second-order valence-electron chi connectivity index (χ2n) is 7.17. The van der Waals surface area contributed by atoms with Crippen molar-refractivity contribution in [2.45, 2.75) is 25.3 Å². The second-order valence-corrected chi connectivity index (χ2v) is 9.51. The fourth-order valence-corrected chi connectivity index (χ4v) is 5.35. The predicted molar refractivity (Wildman–Crippen MR) is 109 cm³/mol. The molecule has 0 spiro atoms. The lowest BCUT2D eigenvalue weighted by Gasteiger charge is -2.33. The number of fused-ring (bicyclic) bond motifs is 1. The van der Waals surface area contributed by atoms with E-state index < -0.39 is 10.0 Å². The summed E-state index contributed by atoms with van der Waals surface area (Å²) >= 11 is 5.99. The Hall–Kier alpha value is -1.93. The molecule has 1 saturated heterocycles. The largest absolute Gasteiger partial charge is 0.439 e. The monoisotopic (exact) mass is 419 g/mol. The average Bonchev–Trinajstić information content (AvgIpc) is 3.03. The van der Waals surface area contributed by atoms with Gasteiger partial charge in [-0.25, -0.2) is 13.4 Å². The summed E-state index contributed by atoms with van der Waals surface area (Å²) < 4.78 is 33.3. The van der Waals surface area contributed by atoms with Gasteiger partial charge in [0.25, 0.3) is 0 Å². The minimum Gasteiger partial charge on any atom is -0.439 e. The Morgan fingerprint density at radius 1 is 1.07 bits per heavy atom. The van der Waals surface area contributed by atoms with E-state index >= 15 is 0 Å². The highest BCUT2D eigenvalue weighted by atomic mass is 35.5. The highest BCUT2D eigenvalue weighted by molar-refractivity contribution is 7.89. The summed E-state index contributed by atoms with van der Waals surface area (Å²) in [5, 5.41) is 0.612. The van der Waals surface area contributed by atoms with E-state index in [0.29, 0.717) is 54.1 Å². The maximum Gasteiger partial charge on any atom is 0.243 e. The molecule has 0 aliphatic carbocycles. The molecule has 1 aliphatic heterocycles. The third-order valence-electron chi connectivity index (χ3n) is 5.03. The second kappa shape index (κ2) is 7.48. The van der Waals surface area contributed by atoms with Gasteiger partial charge in [0.15, 0.2) is 5.58 Å². The predicted octanol–water partition coefficient (Wildman–Crippen LogP) is 3.60. The lowest BCUT2D eigenvalue weighted by molar-refractivity contribution is 0.169. The molecular weight excluding hydrogens is 398 g/mol. The van der Waals surface area contributed by atoms with Crippen molar-refractivity contribution >= 4 is 32.7 Å². The molecule has 0 amide bonds. The number of aryl methyl sites for hydroxylation is 2. The van der Waals surface area contributed by atoms with Gasteiger partial charge in [-0.05, 0) is 37.6 Å². The minimum atomic E-state index is -3.48. The van der Waals surface area contributed by atoms with Gasteiger partial charge in [0.05, 0.1) is 11.4 Å². The highest BCUT2D eigenvalue weighted by Crippen LogP contribution is 2.24. The molecule has 3 aromatic rings. The van der Waals surface area contributed by atoms with Crippen LogP contribution in [0.2, 0.25) is 5.02 Å². The Labute approximate surface area is 169 Å². The molecule has 1 fully saturated rings. The van der Waals surface area contributed by atoms with Crippen LogP contribution < -0.4 is 0 Å². The van der Waals surface area contributed by atoms with Gasteiger partial charge in [-0.1, -0.05) is 29.3 Å². The molecule has 0 radical (unpaired) electrons. The zero-order valence-corrected chi connectivity index (χ0v) is 17.4. The van der Waals surface area contributed by atoms with Crippen molar-refractivity contribution in [3.8, 4) is 0 Å². The van der Waals surface area contributed by atoms with Gasteiger partial charge >= 0.3 is 0 Å². The molecule has 0 unspecified atom stereocenters. The van der Waals surface area contributed by atoms with Crippen LogP contribution in [0, 0.1) is 13.8 Å². The molecule has 0 saturated carbocycles. The fourth-order valence-electron chi connectivity index (χ4n) is 3.56. The SMILES string of the molecule is Cc1ccc(S(=O)(=O)N2CCN(Cc3nc4ccc(Cl)cc4o3)CC2)c(C)c1. The van der Waals surface area contributed by atoms with Crippen molar-refractivity contribution in [2.24, 2.45) is 0 Å². The number of sulfonamides is 1. The van der Waals surface area contributed by atoms with Gasteiger partial charge in [0.2, 0.25) is 15.9 Å². The number of piperazine rings is 1. The van der Waals surface area contributed by atoms with Crippen molar-refractivity contribution in [3.05, 3.63) is 58.4 Å². The van der Waals surface area contributed by atoms with E-state index in [1.807, 2.05) is 32.0 Å². The van der Waals surface area contributed by atoms with Gasteiger partial charge < -0.3 is 4.42 Å². The molecule has 6 nitrogen and oxygen atoms in total. The third kappa shape index (κ3) is 3.80. The molecule has 148 valence electrons. The van der Waals surface area contributed by atoms with Crippen molar-refractivity contribution in [1.82, 2.24) is 14.2 Å². The smallest absolute Gasteiger partial charge is 0.243 e. The molecule has 1 aliphatic rings. The molecular formula is C20H22ClN3O3S. The lowest BCUT2D eigenvalue weighted by atomic mass is 10.2. The molecule has 0 atom stereocenters. The first-order valence-electron chi connectivity index (χ1n) is 9.18. The number of hydrogen-bond donors (Lipinski definition) is 0. The van der Waals surface area contributed by atoms with Crippen LogP contribution in [0.15, 0.2) is 45.7 Å². The number of nitrogens with zero attached hydrogens (tertiary/aromatic N) is 3.